The van der Waals surface area contributed by atoms with Gasteiger partial charge in [-0.05, 0) is 31.9 Å². The molecule has 0 radical (unpaired) electrons. The second kappa shape index (κ2) is 8.26. The molecular weight excluding hydrogens is 362 g/mol. The Bertz CT molecular complexity index is 960. The van der Waals surface area contributed by atoms with Crippen LogP contribution in [0.15, 0.2) is 41.7 Å². The van der Waals surface area contributed by atoms with E-state index in [-0.39, 0.29) is 11.5 Å². The molecule has 0 bridgehead atoms. The molecule has 2 heterocycles. The fraction of sp³-hybridized carbons (Fsp3) is 0.250. The van der Waals surface area contributed by atoms with Crippen molar-refractivity contribution in [1.29, 1.82) is 0 Å². The number of aromatic nitrogens is 3. The number of aryl methyl sites for hydroxylation is 1. The number of Topliss-reactive ketones (excluding diaryl/α,β-unsaturated/α-hetero) is 1. The van der Waals surface area contributed by atoms with Crippen molar-refractivity contribution >= 4 is 23.5 Å². The zero-order valence-corrected chi connectivity index (χ0v) is 16.3. The number of hydrogen-bond donors (Lipinski definition) is 2. The summed E-state index contributed by atoms with van der Waals surface area (Å²) in [5.41, 5.74) is 4.09. The normalized spacial score (nSPS) is 10.8. The fourth-order valence-electron chi connectivity index (χ4n) is 2.89. The Hall–Kier alpha value is -2.80. The predicted molar refractivity (Wildman–Crippen MR) is 105 cm³/mol. The summed E-state index contributed by atoms with van der Waals surface area (Å²) >= 11 is 1.33. The maximum atomic E-state index is 12.6. The van der Waals surface area contributed by atoms with Gasteiger partial charge in [0, 0.05) is 5.69 Å². The van der Waals surface area contributed by atoms with Gasteiger partial charge in [-0.2, -0.15) is 0 Å². The lowest BCUT2D eigenvalue weighted by molar-refractivity contribution is 0.0525. The van der Waals surface area contributed by atoms with Gasteiger partial charge < -0.3 is 14.7 Å². The number of H-pyrrole nitrogens is 2. The van der Waals surface area contributed by atoms with Crippen LogP contribution in [0.25, 0.3) is 11.3 Å². The zero-order valence-electron chi connectivity index (χ0n) is 15.5. The number of rotatable bonds is 7. The van der Waals surface area contributed by atoms with Gasteiger partial charge in [-0.25, -0.2) is 9.78 Å². The quantitative estimate of drug-likeness (QED) is 0.363. The molecule has 140 valence electrons. The summed E-state index contributed by atoms with van der Waals surface area (Å²) < 4.78 is 5.07. The van der Waals surface area contributed by atoms with Gasteiger partial charge in [-0.3, -0.25) is 4.79 Å². The summed E-state index contributed by atoms with van der Waals surface area (Å²) in [5, 5.41) is 0.675. The lowest BCUT2D eigenvalue weighted by Crippen LogP contribution is -2.08. The van der Waals surface area contributed by atoms with Crippen molar-refractivity contribution < 1.29 is 14.3 Å². The number of benzene rings is 1. The number of nitrogens with zero attached hydrogens (tertiary/aromatic N) is 1. The molecule has 0 aliphatic heterocycles. The van der Waals surface area contributed by atoms with Crippen molar-refractivity contribution in [2.24, 2.45) is 0 Å². The van der Waals surface area contributed by atoms with Gasteiger partial charge in [0.1, 0.15) is 0 Å². The molecule has 6 nitrogen and oxygen atoms in total. The van der Waals surface area contributed by atoms with Crippen LogP contribution in [0.1, 0.15) is 39.0 Å². The first-order chi connectivity index (χ1) is 13.0. The van der Waals surface area contributed by atoms with E-state index in [1.165, 1.54) is 11.8 Å². The maximum absolute atomic E-state index is 12.6. The number of esters is 1. The van der Waals surface area contributed by atoms with Crippen LogP contribution in [-0.2, 0) is 4.74 Å². The zero-order chi connectivity index (χ0) is 19.4. The summed E-state index contributed by atoms with van der Waals surface area (Å²) in [6.07, 6.45) is 1.76. The van der Waals surface area contributed by atoms with E-state index in [0.29, 0.717) is 34.3 Å². The average Bonchev–Trinajstić information content (AvgIpc) is 3.25. The molecule has 3 rings (SSSR count). The van der Waals surface area contributed by atoms with E-state index in [1.807, 2.05) is 30.3 Å². The monoisotopic (exact) mass is 383 g/mol. The molecule has 0 atom stereocenters. The standard InChI is InChI=1S/C20H21N3O3S/c1-4-26-19(25)17-12(2)18(22-13(17)3)16(24)11-27-20-21-10-15(23-20)14-8-6-5-7-9-14/h5-10,22H,4,11H2,1-3H3,(H,21,23). The van der Waals surface area contributed by atoms with Crippen molar-refractivity contribution in [3.05, 3.63) is 59.0 Å². The van der Waals surface area contributed by atoms with Crippen LogP contribution in [0.3, 0.4) is 0 Å². The minimum Gasteiger partial charge on any atom is -0.462 e. The largest absolute Gasteiger partial charge is 0.462 e. The van der Waals surface area contributed by atoms with Crippen molar-refractivity contribution in [1.82, 2.24) is 15.0 Å². The van der Waals surface area contributed by atoms with Gasteiger partial charge in [-0.15, -0.1) is 0 Å². The van der Waals surface area contributed by atoms with E-state index in [1.54, 1.807) is 27.0 Å². The number of ketones is 1. The van der Waals surface area contributed by atoms with Crippen LogP contribution in [0.5, 0.6) is 0 Å². The summed E-state index contributed by atoms with van der Waals surface area (Å²) in [6, 6.07) is 9.87. The molecular formula is C20H21N3O3S. The minimum absolute atomic E-state index is 0.0891. The van der Waals surface area contributed by atoms with E-state index in [0.717, 1.165) is 11.3 Å². The number of carbonyl (C=O) groups excluding carboxylic acids is 2. The Morgan fingerprint density at radius 3 is 2.59 bits per heavy atom. The molecule has 0 fully saturated rings. The number of carbonyl (C=O) groups is 2. The fourth-order valence-corrected chi connectivity index (χ4v) is 3.61. The number of thioether (sulfide) groups is 1. The van der Waals surface area contributed by atoms with Crippen molar-refractivity contribution in [2.45, 2.75) is 25.9 Å². The summed E-state index contributed by atoms with van der Waals surface area (Å²) in [4.78, 5) is 35.3. The molecule has 0 amide bonds. The summed E-state index contributed by atoms with van der Waals surface area (Å²) in [5.74, 6) is -0.284. The Labute approximate surface area is 161 Å². The second-order valence-electron chi connectivity index (χ2n) is 6.03. The lowest BCUT2D eigenvalue weighted by Gasteiger charge is -2.02. The minimum atomic E-state index is -0.408. The van der Waals surface area contributed by atoms with Gasteiger partial charge in [0.2, 0.25) is 0 Å². The highest BCUT2D eigenvalue weighted by molar-refractivity contribution is 7.99. The molecule has 27 heavy (non-hydrogen) atoms. The number of hydrogen-bond acceptors (Lipinski definition) is 5. The summed E-state index contributed by atoms with van der Waals surface area (Å²) in [6.45, 7) is 5.57. The Morgan fingerprint density at radius 2 is 1.89 bits per heavy atom. The number of ether oxygens (including phenoxy) is 1. The molecule has 3 aromatic rings. The highest BCUT2D eigenvalue weighted by Gasteiger charge is 2.23. The van der Waals surface area contributed by atoms with E-state index in [4.69, 9.17) is 4.74 Å². The van der Waals surface area contributed by atoms with E-state index in [9.17, 15) is 9.59 Å². The highest BCUT2D eigenvalue weighted by atomic mass is 32.2. The van der Waals surface area contributed by atoms with Crippen molar-refractivity contribution in [2.75, 3.05) is 12.4 Å². The van der Waals surface area contributed by atoms with Gasteiger partial charge in [0.05, 0.1) is 35.5 Å². The van der Waals surface area contributed by atoms with Gasteiger partial charge >= 0.3 is 5.97 Å². The highest BCUT2D eigenvalue weighted by Crippen LogP contribution is 2.24. The summed E-state index contributed by atoms with van der Waals surface area (Å²) in [7, 11) is 0. The average molecular weight is 383 g/mol. The SMILES string of the molecule is CCOC(=O)c1c(C)[nH]c(C(=O)CSc2ncc(-c3ccccc3)[nH]2)c1C. The number of nitrogens with one attached hydrogen (secondary N) is 2. The number of imidazole rings is 1. The first-order valence-electron chi connectivity index (χ1n) is 8.64. The smallest absolute Gasteiger partial charge is 0.340 e. The van der Waals surface area contributed by atoms with E-state index >= 15 is 0 Å². The molecule has 0 saturated carbocycles. The molecule has 0 aliphatic carbocycles. The third-order valence-corrected chi connectivity index (χ3v) is 5.06. The Morgan fingerprint density at radius 1 is 1.15 bits per heavy atom. The van der Waals surface area contributed by atoms with E-state index < -0.39 is 5.97 Å². The van der Waals surface area contributed by atoms with Gasteiger partial charge in [0.15, 0.2) is 10.9 Å². The van der Waals surface area contributed by atoms with E-state index in [2.05, 4.69) is 15.0 Å². The van der Waals surface area contributed by atoms with Crippen LogP contribution in [-0.4, -0.2) is 39.1 Å². The number of aromatic amines is 2. The van der Waals surface area contributed by atoms with Gasteiger partial charge in [0.25, 0.3) is 0 Å². The van der Waals surface area contributed by atoms with Crippen molar-refractivity contribution in [3.8, 4) is 11.3 Å². The van der Waals surface area contributed by atoms with Crippen LogP contribution >= 0.6 is 11.8 Å². The maximum Gasteiger partial charge on any atom is 0.340 e. The van der Waals surface area contributed by atoms with Crippen molar-refractivity contribution in [3.63, 3.8) is 0 Å². The first-order valence-corrected chi connectivity index (χ1v) is 9.62. The molecule has 0 saturated heterocycles. The first kappa shape index (κ1) is 19.0. The Kier molecular flexibility index (Phi) is 5.81. The topological polar surface area (TPSA) is 87.8 Å². The molecule has 1 aromatic carbocycles. The van der Waals surface area contributed by atoms with Crippen LogP contribution < -0.4 is 0 Å². The molecule has 2 N–H and O–H groups in total. The second-order valence-corrected chi connectivity index (χ2v) is 6.99. The Balaban J connectivity index is 1.69. The lowest BCUT2D eigenvalue weighted by atomic mass is 10.1. The molecule has 7 heteroatoms. The van der Waals surface area contributed by atoms with Crippen LogP contribution in [0, 0.1) is 13.8 Å². The predicted octanol–water partition coefficient (Wildman–Crippen LogP) is 4.17. The third kappa shape index (κ3) is 4.14. The molecule has 2 aromatic heterocycles. The van der Waals surface area contributed by atoms with Crippen LogP contribution in [0.4, 0.5) is 0 Å². The molecule has 0 unspecified atom stereocenters. The van der Waals surface area contributed by atoms with Crippen LogP contribution in [0.2, 0.25) is 0 Å². The third-order valence-electron chi connectivity index (χ3n) is 4.17. The molecule has 0 spiro atoms. The van der Waals surface area contributed by atoms with Gasteiger partial charge in [-0.1, -0.05) is 42.1 Å². The molecule has 0 aliphatic rings.